The molecule has 1 atom stereocenters. The predicted octanol–water partition coefficient (Wildman–Crippen LogP) is 2.38. The van der Waals surface area contributed by atoms with E-state index in [2.05, 4.69) is 14.9 Å². The van der Waals surface area contributed by atoms with Crippen LogP contribution in [0.5, 0.6) is 0 Å². The van der Waals surface area contributed by atoms with Gasteiger partial charge in [0.05, 0.1) is 30.1 Å². The number of hydrogen-bond acceptors (Lipinski definition) is 4. The molecule has 1 aliphatic heterocycles. The molecular formula is C18H23N5O. The number of imidazole rings is 1. The van der Waals surface area contributed by atoms with E-state index in [1.165, 1.54) is 6.42 Å². The summed E-state index contributed by atoms with van der Waals surface area (Å²) in [5, 5.41) is 0. The molecule has 2 aromatic rings. The quantitative estimate of drug-likeness (QED) is 0.869. The highest BCUT2D eigenvalue weighted by molar-refractivity contribution is 5.79. The molecule has 2 fully saturated rings. The molecule has 1 saturated carbocycles. The lowest BCUT2D eigenvalue weighted by molar-refractivity contribution is -0.139. The molecule has 0 bridgehead atoms. The Kier molecular flexibility index (Phi) is 4.04. The highest BCUT2D eigenvalue weighted by Crippen LogP contribution is 2.32. The summed E-state index contributed by atoms with van der Waals surface area (Å²) in [6.07, 6.45) is 12.6. The minimum atomic E-state index is 0.274. The summed E-state index contributed by atoms with van der Waals surface area (Å²) >= 11 is 0. The van der Waals surface area contributed by atoms with Gasteiger partial charge in [0, 0.05) is 38.2 Å². The zero-order chi connectivity index (χ0) is 16.5. The maximum atomic E-state index is 12.5. The fourth-order valence-electron chi connectivity index (χ4n) is 3.64. The summed E-state index contributed by atoms with van der Waals surface area (Å²) in [7, 11) is 1.95. The van der Waals surface area contributed by atoms with E-state index in [-0.39, 0.29) is 11.8 Å². The Morgan fingerprint density at radius 1 is 1.12 bits per heavy atom. The van der Waals surface area contributed by atoms with E-state index in [1.807, 2.05) is 17.8 Å². The van der Waals surface area contributed by atoms with Gasteiger partial charge in [-0.25, -0.2) is 9.97 Å². The van der Waals surface area contributed by atoms with Crippen molar-refractivity contribution in [3.8, 4) is 11.4 Å². The van der Waals surface area contributed by atoms with Crippen molar-refractivity contribution < 1.29 is 4.79 Å². The Bertz CT molecular complexity index is 737. The minimum Gasteiger partial charge on any atom is -0.342 e. The lowest BCUT2D eigenvalue weighted by Gasteiger charge is -2.37. The normalized spacial score (nSPS) is 21.5. The van der Waals surface area contributed by atoms with Gasteiger partial charge in [0.2, 0.25) is 5.91 Å². The van der Waals surface area contributed by atoms with Crippen LogP contribution in [-0.4, -0.2) is 43.4 Å². The number of nitrogens with zero attached hydrogens (tertiary/aromatic N) is 5. The Morgan fingerprint density at radius 3 is 2.71 bits per heavy atom. The number of amides is 1. The van der Waals surface area contributed by atoms with Crippen molar-refractivity contribution in [2.24, 2.45) is 13.0 Å². The first kappa shape index (κ1) is 15.3. The molecule has 6 heteroatoms. The third kappa shape index (κ3) is 2.81. The second kappa shape index (κ2) is 6.34. The fraction of sp³-hybridized carbons (Fsp3) is 0.556. The molecule has 2 aliphatic rings. The Balaban J connectivity index is 1.53. The standard InChI is InChI=1S/C18H23N5O/c1-22-12-20-10-17(22)16-9-19-8-15(21-16)14-6-3-7-23(11-14)18(24)13-4-2-5-13/h8-10,12-14H,2-7,11H2,1H3/t14-/m1/s1. The van der Waals surface area contributed by atoms with Crippen LogP contribution in [0, 0.1) is 5.92 Å². The first-order chi connectivity index (χ1) is 11.7. The SMILES string of the molecule is Cn1cncc1-c1cncc([C@@H]2CCCN(C(=O)C3CCC3)C2)n1. The molecule has 1 aliphatic carbocycles. The lowest BCUT2D eigenvalue weighted by atomic mass is 9.83. The monoisotopic (exact) mass is 325 g/mol. The van der Waals surface area contributed by atoms with Crippen LogP contribution in [0.2, 0.25) is 0 Å². The number of hydrogen-bond donors (Lipinski definition) is 0. The summed E-state index contributed by atoms with van der Waals surface area (Å²) in [4.78, 5) is 27.9. The van der Waals surface area contributed by atoms with Crippen molar-refractivity contribution in [2.75, 3.05) is 13.1 Å². The molecule has 0 radical (unpaired) electrons. The van der Waals surface area contributed by atoms with Crippen molar-refractivity contribution in [1.29, 1.82) is 0 Å². The first-order valence-electron chi connectivity index (χ1n) is 8.80. The number of piperidine rings is 1. The number of carbonyl (C=O) groups is 1. The summed E-state index contributed by atoms with van der Waals surface area (Å²) in [5.74, 6) is 0.903. The largest absolute Gasteiger partial charge is 0.342 e. The van der Waals surface area contributed by atoms with Crippen molar-refractivity contribution >= 4 is 5.91 Å². The molecule has 4 rings (SSSR count). The average Bonchev–Trinajstić information content (AvgIpc) is 2.99. The van der Waals surface area contributed by atoms with Crippen LogP contribution in [0.15, 0.2) is 24.9 Å². The van der Waals surface area contributed by atoms with Crippen LogP contribution >= 0.6 is 0 Å². The van der Waals surface area contributed by atoms with Crippen molar-refractivity contribution in [2.45, 2.75) is 38.0 Å². The first-order valence-corrected chi connectivity index (χ1v) is 8.80. The third-order valence-electron chi connectivity index (χ3n) is 5.34. The van der Waals surface area contributed by atoms with Crippen LogP contribution in [0.4, 0.5) is 0 Å². The van der Waals surface area contributed by atoms with E-state index < -0.39 is 0 Å². The molecule has 1 amide bonds. The molecular weight excluding hydrogens is 302 g/mol. The Hall–Kier alpha value is -2.24. The van der Waals surface area contributed by atoms with Gasteiger partial charge in [-0.1, -0.05) is 6.42 Å². The molecule has 24 heavy (non-hydrogen) atoms. The van der Waals surface area contributed by atoms with Crippen LogP contribution in [0.1, 0.15) is 43.7 Å². The van der Waals surface area contributed by atoms with Gasteiger partial charge in [-0.2, -0.15) is 0 Å². The molecule has 3 heterocycles. The number of aryl methyl sites for hydroxylation is 1. The van der Waals surface area contributed by atoms with Gasteiger partial charge >= 0.3 is 0 Å². The highest BCUT2D eigenvalue weighted by Gasteiger charge is 2.33. The highest BCUT2D eigenvalue weighted by atomic mass is 16.2. The summed E-state index contributed by atoms with van der Waals surface area (Å²) in [6.45, 7) is 1.67. The molecule has 126 valence electrons. The van der Waals surface area contributed by atoms with Crippen molar-refractivity contribution in [1.82, 2.24) is 24.4 Å². The van der Waals surface area contributed by atoms with Gasteiger partial charge in [0.1, 0.15) is 5.69 Å². The summed E-state index contributed by atoms with van der Waals surface area (Å²) in [6, 6.07) is 0. The number of carbonyl (C=O) groups excluding carboxylic acids is 1. The lowest BCUT2D eigenvalue weighted by Crippen LogP contribution is -2.44. The van der Waals surface area contributed by atoms with E-state index >= 15 is 0 Å². The van der Waals surface area contributed by atoms with Crippen LogP contribution in [-0.2, 0) is 11.8 Å². The van der Waals surface area contributed by atoms with Gasteiger partial charge in [-0.3, -0.25) is 9.78 Å². The Labute approximate surface area is 141 Å². The van der Waals surface area contributed by atoms with E-state index in [4.69, 9.17) is 4.98 Å². The molecule has 6 nitrogen and oxygen atoms in total. The van der Waals surface area contributed by atoms with Gasteiger partial charge in [0.25, 0.3) is 0 Å². The van der Waals surface area contributed by atoms with Crippen LogP contribution in [0.3, 0.4) is 0 Å². The number of likely N-dealkylation sites (tertiary alicyclic amines) is 1. The molecule has 2 aromatic heterocycles. The smallest absolute Gasteiger partial charge is 0.225 e. The molecule has 0 unspecified atom stereocenters. The molecule has 1 saturated heterocycles. The third-order valence-corrected chi connectivity index (χ3v) is 5.34. The van der Waals surface area contributed by atoms with E-state index in [0.29, 0.717) is 5.91 Å². The average molecular weight is 325 g/mol. The zero-order valence-electron chi connectivity index (χ0n) is 14.1. The second-order valence-electron chi connectivity index (χ2n) is 6.97. The van der Waals surface area contributed by atoms with Gasteiger partial charge < -0.3 is 9.47 Å². The van der Waals surface area contributed by atoms with Crippen molar-refractivity contribution in [3.63, 3.8) is 0 Å². The van der Waals surface area contributed by atoms with Crippen LogP contribution < -0.4 is 0 Å². The number of rotatable bonds is 3. The topological polar surface area (TPSA) is 63.9 Å². The van der Waals surface area contributed by atoms with E-state index in [0.717, 1.165) is 55.9 Å². The molecule has 0 spiro atoms. The molecule has 0 N–H and O–H groups in total. The fourth-order valence-corrected chi connectivity index (χ4v) is 3.64. The maximum Gasteiger partial charge on any atom is 0.225 e. The van der Waals surface area contributed by atoms with Crippen molar-refractivity contribution in [3.05, 3.63) is 30.6 Å². The van der Waals surface area contributed by atoms with E-state index in [9.17, 15) is 4.79 Å². The second-order valence-corrected chi connectivity index (χ2v) is 6.97. The summed E-state index contributed by atoms with van der Waals surface area (Å²) in [5.41, 5.74) is 2.79. The van der Waals surface area contributed by atoms with Crippen LogP contribution in [0.25, 0.3) is 11.4 Å². The van der Waals surface area contributed by atoms with E-state index in [1.54, 1.807) is 18.7 Å². The minimum absolute atomic E-state index is 0.274. The molecule has 0 aromatic carbocycles. The zero-order valence-corrected chi connectivity index (χ0v) is 14.1. The summed E-state index contributed by atoms with van der Waals surface area (Å²) < 4.78 is 1.95. The Morgan fingerprint density at radius 2 is 2.00 bits per heavy atom. The number of aromatic nitrogens is 4. The van der Waals surface area contributed by atoms with Gasteiger partial charge in [-0.15, -0.1) is 0 Å². The predicted molar refractivity (Wildman–Crippen MR) is 90.1 cm³/mol. The van der Waals surface area contributed by atoms with Gasteiger partial charge in [-0.05, 0) is 25.7 Å². The maximum absolute atomic E-state index is 12.5. The van der Waals surface area contributed by atoms with Gasteiger partial charge in [0.15, 0.2) is 0 Å².